The van der Waals surface area contributed by atoms with Crippen LogP contribution >= 0.6 is 0 Å². The molecular weight excluding hydrogens is 224 g/mol. The Morgan fingerprint density at radius 3 is 2.65 bits per heavy atom. The van der Waals surface area contributed by atoms with E-state index < -0.39 is 6.09 Å². The number of carbonyl (C=O) groups is 2. The second-order valence-electron chi connectivity index (χ2n) is 3.44. The van der Waals surface area contributed by atoms with Gasteiger partial charge in [-0.05, 0) is 24.3 Å². The fourth-order valence-electron chi connectivity index (χ4n) is 1.42. The van der Waals surface area contributed by atoms with Crippen LogP contribution < -0.4 is 10.2 Å². The van der Waals surface area contributed by atoms with Gasteiger partial charge in [0.25, 0.3) is 5.91 Å². The normalized spacial score (nSPS) is 14.4. The standard InChI is InChI=1S/C11H12N2O4/c1-16-9-4-2-8(3-5-9)10(14)12-13-6-7-17-11(13)15/h2-5H,6-7H2,1H3,(H,12,14). The van der Waals surface area contributed by atoms with Gasteiger partial charge in [-0.15, -0.1) is 0 Å². The molecule has 6 nitrogen and oxygen atoms in total. The van der Waals surface area contributed by atoms with Gasteiger partial charge in [-0.3, -0.25) is 10.2 Å². The summed E-state index contributed by atoms with van der Waals surface area (Å²) in [6.07, 6.45) is -0.535. The summed E-state index contributed by atoms with van der Waals surface area (Å²) in [4.78, 5) is 22.9. The molecule has 0 saturated carbocycles. The van der Waals surface area contributed by atoms with Crippen molar-refractivity contribution in [3.8, 4) is 5.75 Å². The second kappa shape index (κ2) is 4.73. The summed E-state index contributed by atoms with van der Waals surface area (Å²) in [6, 6.07) is 6.60. The lowest BCUT2D eigenvalue weighted by Gasteiger charge is -2.13. The first-order valence-electron chi connectivity index (χ1n) is 5.10. The molecule has 0 unspecified atom stereocenters. The highest BCUT2D eigenvalue weighted by molar-refractivity contribution is 5.95. The quantitative estimate of drug-likeness (QED) is 0.842. The molecule has 1 N–H and O–H groups in total. The number of carbonyl (C=O) groups excluding carboxylic acids is 2. The molecule has 0 aliphatic carbocycles. The van der Waals surface area contributed by atoms with E-state index in [-0.39, 0.29) is 5.91 Å². The number of benzene rings is 1. The van der Waals surface area contributed by atoms with Crippen LogP contribution in [0.4, 0.5) is 4.79 Å². The van der Waals surface area contributed by atoms with Crippen LogP contribution in [0.3, 0.4) is 0 Å². The molecule has 1 fully saturated rings. The highest BCUT2D eigenvalue weighted by Crippen LogP contribution is 2.11. The van der Waals surface area contributed by atoms with Gasteiger partial charge >= 0.3 is 6.09 Å². The molecule has 6 heteroatoms. The minimum atomic E-state index is -0.535. The lowest BCUT2D eigenvalue weighted by Crippen LogP contribution is -2.42. The third kappa shape index (κ3) is 2.47. The predicted octanol–water partition coefficient (Wildman–Crippen LogP) is 0.792. The predicted molar refractivity (Wildman–Crippen MR) is 58.5 cm³/mol. The van der Waals surface area contributed by atoms with Crippen molar-refractivity contribution in [1.82, 2.24) is 10.4 Å². The number of nitrogens with one attached hydrogen (secondary N) is 1. The summed E-state index contributed by atoms with van der Waals surface area (Å²) in [5, 5.41) is 1.15. The van der Waals surface area contributed by atoms with Gasteiger partial charge in [-0.1, -0.05) is 0 Å². The summed E-state index contributed by atoms with van der Waals surface area (Å²) in [6.45, 7) is 0.655. The van der Waals surface area contributed by atoms with E-state index in [4.69, 9.17) is 9.47 Å². The smallest absolute Gasteiger partial charge is 0.428 e. The molecule has 90 valence electrons. The van der Waals surface area contributed by atoms with Gasteiger partial charge in [-0.2, -0.15) is 0 Å². The van der Waals surface area contributed by atoms with Crippen LogP contribution in [0.1, 0.15) is 10.4 Å². The molecule has 1 heterocycles. The van der Waals surface area contributed by atoms with Crippen LogP contribution in [0.25, 0.3) is 0 Å². The van der Waals surface area contributed by atoms with Gasteiger partial charge in [0.2, 0.25) is 0 Å². The third-order valence-electron chi connectivity index (χ3n) is 2.35. The van der Waals surface area contributed by atoms with Crippen molar-refractivity contribution >= 4 is 12.0 Å². The number of hydrogen-bond acceptors (Lipinski definition) is 4. The van der Waals surface area contributed by atoms with Crippen molar-refractivity contribution in [3.05, 3.63) is 29.8 Å². The molecule has 2 amide bonds. The molecule has 1 aromatic carbocycles. The average Bonchev–Trinajstić information content (AvgIpc) is 2.75. The molecule has 2 rings (SSSR count). The first-order valence-corrected chi connectivity index (χ1v) is 5.10. The molecular formula is C11H12N2O4. The number of methoxy groups -OCH3 is 1. The van der Waals surface area contributed by atoms with Crippen LogP contribution in [-0.4, -0.2) is 37.3 Å². The van der Waals surface area contributed by atoms with Crippen LogP contribution in [0, 0.1) is 0 Å². The van der Waals surface area contributed by atoms with Crippen molar-refractivity contribution in [3.63, 3.8) is 0 Å². The van der Waals surface area contributed by atoms with E-state index in [0.717, 1.165) is 5.01 Å². The maximum atomic E-state index is 11.7. The first-order chi connectivity index (χ1) is 8.20. The molecule has 1 aromatic rings. The summed E-state index contributed by atoms with van der Waals surface area (Å²) in [5.74, 6) is 0.314. The zero-order valence-electron chi connectivity index (χ0n) is 9.30. The van der Waals surface area contributed by atoms with Crippen LogP contribution in [0.5, 0.6) is 5.75 Å². The summed E-state index contributed by atoms with van der Waals surface area (Å²) >= 11 is 0. The van der Waals surface area contributed by atoms with Crippen molar-refractivity contribution in [2.24, 2.45) is 0 Å². The zero-order valence-corrected chi connectivity index (χ0v) is 9.30. The fourth-order valence-corrected chi connectivity index (χ4v) is 1.42. The van der Waals surface area contributed by atoms with E-state index in [1.165, 1.54) is 0 Å². The maximum Gasteiger partial charge on any atom is 0.428 e. The molecule has 1 aliphatic rings. The summed E-state index contributed by atoms with van der Waals surface area (Å²) < 4.78 is 9.67. The van der Waals surface area contributed by atoms with E-state index in [2.05, 4.69) is 5.43 Å². The minimum Gasteiger partial charge on any atom is -0.497 e. The summed E-state index contributed by atoms with van der Waals surface area (Å²) in [7, 11) is 1.55. The average molecular weight is 236 g/mol. The van der Waals surface area contributed by atoms with Gasteiger partial charge in [0.15, 0.2) is 0 Å². The molecule has 0 bridgehead atoms. The number of cyclic esters (lactones) is 1. The molecule has 0 spiro atoms. The Bertz CT molecular complexity index is 430. The van der Waals surface area contributed by atoms with E-state index in [1.54, 1.807) is 31.4 Å². The molecule has 0 aromatic heterocycles. The van der Waals surface area contributed by atoms with Gasteiger partial charge in [0, 0.05) is 5.56 Å². The van der Waals surface area contributed by atoms with Gasteiger partial charge in [-0.25, -0.2) is 9.80 Å². The third-order valence-corrected chi connectivity index (χ3v) is 2.35. The minimum absolute atomic E-state index is 0.293. The SMILES string of the molecule is COc1ccc(C(=O)NN2CCOC2=O)cc1. The first kappa shape index (κ1) is 11.3. The van der Waals surface area contributed by atoms with E-state index in [0.29, 0.717) is 24.5 Å². The Morgan fingerprint density at radius 2 is 2.12 bits per heavy atom. The zero-order chi connectivity index (χ0) is 12.3. The topological polar surface area (TPSA) is 67.9 Å². The highest BCUT2D eigenvalue weighted by atomic mass is 16.6. The molecule has 1 saturated heterocycles. The highest BCUT2D eigenvalue weighted by Gasteiger charge is 2.24. The van der Waals surface area contributed by atoms with Crippen molar-refractivity contribution in [2.75, 3.05) is 20.3 Å². The lowest BCUT2D eigenvalue weighted by atomic mass is 10.2. The second-order valence-corrected chi connectivity index (χ2v) is 3.44. The van der Waals surface area contributed by atoms with E-state index >= 15 is 0 Å². The lowest BCUT2D eigenvalue weighted by molar-refractivity contribution is 0.0831. The Balaban J connectivity index is 2.01. The Kier molecular flexibility index (Phi) is 3.13. The van der Waals surface area contributed by atoms with Gasteiger partial charge in [0.1, 0.15) is 12.4 Å². The monoisotopic (exact) mass is 236 g/mol. The van der Waals surface area contributed by atoms with E-state index in [9.17, 15) is 9.59 Å². The van der Waals surface area contributed by atoms with Crippen molar-refractivity contribution in [1.29, 1.82) is 0 Å². The molecule has 0 atom stereocenters. The van der Waals surface area contributed by atoms with Gasteiger partial charge in [0.05, 0.1) is 13.7 Å². The van der Waals surface area contributed by atoms with E-state index in [1.807, 2.05) is 0 Å². The molecule has 0 radical (unpaired) electrons. The number of nitrogens with zero attached hydrogens (tertiary/aromatic N) is 1. The Labute approximate surface area is 98.1 Å². The van der Waals surface area contributed by atoms with Gasteiger partial charge < -0.3 is 9.47 Å². The number of ether oxygens (including phenoxy) is 2. The fraction of sp³-hybridized carbons (Fsp3) is 0.273. The van der Waals surface area contributed by atoms with Crippen molar-refractivity contribution < 1.29 is 19.1 Å². The maximum absolute atomic E-state index is 11.7. The molecule has 17 heavy (non-hydrogen) atoms. The Morgan fingerprint density at radius 1 is 1.41 bits per heavy atom. The number of rotatable bonds is 3. The largest absolute Gasteiger partial charge is 0.497 e. The number of hydrazine groups is 1. The number of amides is 2. The van der Waals surface area contributed by atoms with Crippen molar-refractivity contribution in [2.45, 2.75) is 0 Å². The Hall–Kier alpha value is -2.24. The summed E-state index contributed by atoms with van der Waals surface area (Å²) in [5.41, 5.74) is 2.91. The van der Waals surface area contributed by atoms with Crippen LogP contribution in [0.2, 0.25) is 0 Å². The van der Waals surface area contributed by atoms with Crippen LogP contribution in [0.15, 0.2) is 24.3 Å². The number of hydrogen-bond donors (Lipinski definition) is 1. The van der Waals surface area contributed by atoms with Crippen LogP contribution in [-0.2, 0) is 4.74 Å². The molecule has 1 aliphatic heterocycles.